The fourth-order valence-electron chi connectivity index (χ4n) is 2.05. The molecule has 0 saturated carbocycles. The summed E-state index contributed by atoms with van der Waals surface area (Å²) < 4.78 is 10.5. The first-order chi connectivity index (χ1) is 7.76. The molecule has 0 unspecified atom stereocenters. The highest BCUT2D eigenvalue weighted by Crippen LogP contribution is 2.39. The van der Waals surface area contributed by atoms with Gasteiger partial charge in [-0.3, -0.25) is 0 Å². The molecule has 0 aliphatic carbocycles. The molecule has 0 N–H and O–H groups in total. The van der Waals surface area contributed by atoms with Crippen LogP contribution < -0.4 is 14.4 Å². The fraction of sp³-hybridized carbons (Fsp3) is 0.500. The summed E-state index contributed by atoms with van der Waals surface area (Å²) >= 11 is 6.13. The van der Waals surface area contributed by atoms with Gasteiger partial charge in [0.15, 0.2) is 0 Å². The van der Waals surface area contributed by atoms with Crippen LogP contribution in [0.25, 0.3) is 0 Å². The minimum absolute atomic E-state index is 0.630. The van der Waals surface area contributed by atoms with E-state index in [1.165, 1.54) is 12.8 Å². The summed E-state index contributed by atoms with van der Waals surface area (Å²) in [4.78, 5) is 2.30. The Kier molecular flexibility index (Phi) is 3.44. The Bertz CT molecular complexity index is 376. The number of nitrogens with zero attached hydrogens (tertiary/aromatic N) is 1. The zero-order chi connectivity index (χ0) is 11.5. The van der Waals surface area contributed by atoms with Crippen molar-refractivity contribution in [1.82, 2.24) is 0 Å². The standard InChI is InChI=1S/C12H16ClNO2/c1-15-11-8-12(16-2)10(7-9(11)13)14-5-3-4-6-14/h7-8H,3-6H2,1-2H3. The second-order valence-corrected chi connectivity index (χ2v) is 4.26. The van der Waals surface area contributed by atoms with Crippen molar-refractivity contribution in [1.29, 1.82) is 0 Å². The molecule has 1 aliphatic rings. The van der Waals surface area contributed by atoms with E-state index in [1.807, 2.05) is 12.1 Å². The van der Waals surface area contributed by atoms with Crippen LogP contribution in [0.3, 0.4) is 0 Å². The third-order valence-corrected chi connectivity index (χ3v) is 3.20. The SMILES string of the molecule is COc1cc(OC)c(N2CCCC2)cc1Cl. The lowest BCUT2D eigenvalue weighted by molar-refractivity contribution is 0.394. The topological polar surface area (TPSA) is 21.7 Å². The van der Waals surface area contributed by atoms with Gasteiger partial charge in [0.05, 0.1) is 24.9 Å². The Morgan fingerprint density at radius 1 is 1.06 bits per heavy atom. The van der Waals surface area contributed by atoms with E-state index in [0.717, 1.165) is 24.5 Å². The van der Waals surface area contributed by atoms with E-state index in [9.17, 15) is 0 Å². The van der Waals surface area contributed by atoms with Crippen molar-refractivity contribution < 1.29 is 9.47 Å². The summed E-state index contributed by atoms with van der Waals surface area (Å²) in [5.41, 5.74) is 1.06. The van der Waals surface area contributed by atoms with Gasteiger partial charge in [-0.15, -0.1) is 0 Å². The van der Waals surface area contributed by atoms with E-state index in [1.54, 1.807) is 14.2 Å². The average molecular weight is 242 g/mol. The minimum atomic E-state index is 0.630. The fourth-order valence-corrected chi connectivity index (χ4v) is 2.28. The second kappa shape index (κ2) is 4.83. The van der Waals surface area contributed by atoms with Gasteiger partial charge in [-0.1, -0.05) is 11.6 Å². The molecule has 3 nitrogen and oxygen atoms in total. The third-order valence-electron chi connectivity index (χ3n) is 2.90. The van der Waals surface area contributed by atoms with E-state index < -0.39 is 0 Å². The summed E-state index contributed by atoms with van der Waals surface area (Å²) in [5.74, 6) is 1.48. The molecule has 2 rings (SSSR count). The molecule has 0 aromatic heterocycles. The van der Waals surface area contributed by atoms with Gasteiger partial charge < -0.3 is 14.4 Å². The Labute approximate surface area is 101 Å². The van der Waals surface area contributed by atoms with Crippen molar-refractivity contribution in [3.05, 3.63) is 17.2 Å². The molecule has 1 aromatic rings. The van der Waals surface area contributed by atoms with Crippen LogP contribution in [-0.2, 0) is 0 Å². The van der Waals surface area contributed by atoms with Gasteiger partial charge in [-0.2, -0.15) is 0 Å². The van der Waals surface area contributed by atoms with Gasteiger partial charge in [0, 0.05) is 19.2 Å². The number of methoxy groups -OCH3 is 2. The monoisotopic (exact) mass is 241 g/mol. The van der Waals surface area contributed by atoms with Crippen LogP contribution in [0, 0.1) is 0 Å². The third kappa shape index (κ3) is 2.05. The van der Waals surface area contributed by atoms with E-state index in [2.05, 4.69) is 4.90 Å². The number of halogens is 1. The minimum Gasteiger partial charge on any atom is -0.495 e. The van der Waals surface area contributed by atoms with Crippen LogP contribution in [-0.4, -0.2) is 27.3 Å². The number of hydrogen-bond acceptors (Lipinski definition) is 3. The highest BCUT2D eigenvalue weighted by Gasteiger charge is 2.18. The molecule has 1 saturated heterocycles. The molecule has 88 valence electrons. The molecule has 0 spiro atoms. The Balaban J connectivity index is 2.39. The number of hydrogen-bond donors (Lipinski definition) is 0. The average Bonchev–Trinajstić information content (AvgIpc) is 2.82. The maximum absolute atomic E-state index is 6.13. The Morgan fingerprint density at radius 2 is 1.69 bits per heavy atom. The Hall–Kier alpha value is -1.09. The lowest BCUT2D eigenvalue weighted by atomic mass is 10.2. The van der Waals surface area contributed by atoms with Crippen molar-refractivity contribution in [3.63, 3.8) is 0 Å². The van der Waals surface area contributed by atoms with E-state index in [-0.39, 0.29) is 0 Å². The van der Waals surface area contributed by atoms with Gasteiger partial charge in [-0.25, -0.2) is 0 Å². The van der Waals surface area contributed by atoms with Crippen LogP contribution in [0.1, 0.15) is 12.8 Å². The molecule has 1 aromatic carbocycles. The number of benzene rings is 1. The van der Waals surface area contributed by atoms with Crippen LogP contribution in [0.2, 0.25) is 5.02 Å². The van der Waals surface area contributed by atoms with Gasteiger partial charge in [-0.05, 0) is 18.9 Å². The molecule has 0 bridgehead atoms. The molecular weight excluding hydrogens is 226 g/mol. The maximum atomic E-state index is 6.13. The van der Waals surface area contributed by atoms with Gasteiger partial charge >= 0.3 is 0 Å². The lowest BCUT2D eigenvalue weighted by Crippen LogP contribution is -2.18. The summed E-state index contributed by atoms with van der Waals surface area (Å²) in [6, 6.07) is 3.76. The first-order valence-electron chi connectivity index (χ1n) is 5.42. The predicted octanol–water partition coefficient (Wildman–Crippen LogP) is 2.96. The first-order valence-corrected chi connectivity index (χ1v) is 5.80. The van der Waals surface area contributed by atoms with Crippen molar-refractivity contribution in [3.8, 4) is 11.5 Å². The highest BCUT2D eigenvalue weighted by molar-refractivity contribution is 6.32. The zero-order valence-electron chi connectivity index (χ0n) is 9.62. The zero-order valence-corrected chi connectivity index (χ0v) is 10.4. The van der Waals surface area contributed by atoms with Crippen LogP contribution in [0.4, 0.5) is 5.69 Å². The lowest BCUT2D eigenvalue weighted by Gasteiger charge is -2.21. The van der Waals surface area contributed by atoms with Crippen LogP contribution >= 0.6 is 11.6 Å². The van der Waals surface area contributed by atoms with E-state index in [0.29, 0.717) is 10.8 Å². The maximum Gasteiger partial charge on any atom is 0.145 e. The molecule has 16 heavy (non-hydrogen) atoms. The quantitative estimate of drug-likeness (QED) is 0.812. The Morgan fingerprint density at radius 3 is 2.25 bits per heavy atom. The second-order valence-electron chi connectivity index (χ2n) is 3.85. The van der Waals surface area contributed by atoms with Crippen molar-refractivity contribution >= 4 is 17.3 Å². The normalized spacial score (nSPS) is 15.3. The van der Waals surface area contributed by atoms with E-state index >= 15 is 0 Å². The molecule has 1 aliphatic heterocycles. The van der Waals surface area contributed by atoms with Crippen molar-refractivity contribution in [2.75, 3.05) is 32.2 Å². The van der Waals surface area contributed by atoms with Gasteiger partial charge in [0.2, 0.25) is 0 Å². The molecule has 0 amide bonds. The summed E-state index contributed by atoms with van der Waals surface area (Å²) in [7, 11) is 3.28. The molecule has 1 fully saturated rings. The van der Waals surface area contributed by atoms with Gasteiger partial charge in [0.1, 0.15) is 11.5 Å². The highest BCUT2D eigenvalue weighted by atomic mass is 35.5. The van der Waals surface area contributed by atoms with Gasteiger partial charge in [0.25, 0.3) is 0 Å². The molecule has 0 radical (unpaired) electrons. The number of rotatable bonds is 3. The molecule has 1 heterocycles. The number of ether oxygens (including phenoxy) is 2. The van der Waals surface area contributed by atoms with Crippen molar-refractivity contribution in [2.45, 2.75) is 12.8 Å². The predicted molar refractivity (Wildman–Crippen MR) is 66.0 cm³/mol. The molecular formula is C12H16ClNO2. The van der Waals surface area contributed by atoms with E-state index in [4.69, 9.17) is 21.1 Å². The summed E-state index contributed by atoms with van der Waals surface area (Å²) in [5, 5.41) is 0.630. The first kappa shape index (κ1) is 11.4. The van der Waals surface area contributed by atoms with Crippen molar-refractivity contribution in [2.24, 2.45) is 0 Å². The van der Waals surface area contributed by atoms with Crippen LogP contribution in [0.5, 0.6) is 11.5 Å². The summed E-state index contributed by atoms with van der Waals surface area (Å²) in [6.45, 7) is 2.14. The van der Waals surface area contributed by atoms with Crippen LogP contribution in [0.15, 0.2) is 12.1 Å². The molecule has 0 atom stereocenters. The largest absolute Gasteiger partial charge is 0.495 e. The smallest absolute Gasteiger partial charge is 0.145 e. The summed E-state index contributed by atoms with van der Waals surface area (Å²) in [6.07, 6.45) is 2.46. The molecule has 4 heteroatoms. The number of anilines is 1.